The minimum absolute atomic E-state index is 0.323. The van der Waals surface area contributed by atoms with Crippen LogP contribution < -0.4 is 17.2 Å². The van der Waals surface area contributed by atoms with Gasteiger partial charge in [0.2, 0.25) is 0 Å². The lowest BCUT2D eigenvalue weighted by Crippen LogP contribution is -2.25. The van der Waals surface area contributed by atoms with Gasteiger partial charge in [-0.15, -0.1) is 0 Å². The Kier molecular flexibility index (Phi) is 8.40. The Labute approximate surface area is 82.0 Å². The molecular formula is C10H25N3. The van der Waals surface area contributed by atoms with Crippen molar-refractivity contribution in [3.63, 3.8) is 0 Å². The molecule has 0 spiro atoms. The highest BCUT2D eigenvalue weighted by molar-refractivity contribution is 4.66. The quantitative estimate of drug-likeness (QED) is 0.495. The molecule has 0 amide bonds. The van der Waals surface area contributed by atoms with Crippen LogP contribution in [0.25, 0.3) is 0 Å². The highest BCUT2D eigenvalue weighted by Crippen LogP contribution is 2.06. The average molecular weight is 187 g/mol. The highest BCUT2D eigenvalue weighted by atomic mass is 14.7. The maximum Gasteiger partial charge on any atom is 0.00394 e. The first kappa shape index (κ1) is 12.9. The van der Waals surface area contributed by atoms with Crippen molar-refractivity contribution in [3.8, 4) is 0 Å². The number of hydrogen-bond acceptors (Lipinski definition) is 3. The summed E-state index contributed by atoms with van der Waals surface area (Å²) in [5.41, 5.74) is 17.1. The predicted octanol–water partition coefficient (Wildman–Crippen LogP) is 0.960. The van der Waals surface area contributed by atoms with Crippen molar-refractivity contribution in [3.05, 3.63) is 0 Å². The maximum absolute atomic E-state index is 5.92. The first-order valence-corrected chi connectivity index (χ1v) is 5.42. The van der Waals surface area contributed by atoms with Gasteiger partial charge < -0.3 is 17.2 Å². The summed E-state index contributed by atoms with van der Waals surface area (Å²) >= 11 is 0. The second kappa shape index (κ2) is 8.48. The Morgan fingerprint density at radius 3 is 2.08 bits per heavy atom. The molecule has 3 nitrogen and oxygen atoms in total. The van der Waals surface area contributed by atoms with E-state index in [2.05, 4.69) is 6.92 Å². The summed E-state index contributed by atoms with van der Waals surface area (Å²) in [6.45, 7) is 2.89. The van der Waals surface area contributed by atoms with E-state index in [9.17, 15) is 0 Å². The lowest BCUT2D eigenvalue weighted by molar-refractivity contribution is 0.476. The standard InChI is InChI=1S/C10H25N3/c1-2-9(12)6-7-10(13)5-3-4-8-11/h9-10H,2-8,11-13H2,1H3. The van der Waals surface area contributed by atoms with E-state index in [0.717, 1.165) is 45.1 Å². The van der Waals surface area contributed by atoms with Crippen LogP contribution in [0.1, 0.15) is 45.4 Å². The molecule has 0 radical (unpaired) electrons. The van der Waals surface area contributed by atoms with Gasteiger partial charge in [-0.2, -0.15) is 0 Å². The Hall–Kier alpha value is -0.120. The smallest absolute Gasteiger partial charge is 0.00394 e. The van der Waals surface area contributed by atoms with Crippen molar-refractivity contribution in [1.29, 1.82) is 0 Å². The molecule has 0 aromatic carbocycles. The van der Waals surface area contributed by atoms with Crippen LogP contribution in [0.2, 0.25) is 0 Å². The van der Waals surface area contributed by atoms with E-state index >= 15 is 0 Å². The van der Waals surface area contributed by atoms with E-state index in [4.69, 9.17) is 17.2 Å². The van der Waals surface area contributed by atoms with Crippen LogP contribution in [-0.4, -0.2) is 18.6 Å². The second-order valence-corrected chi connectivity index (χ2v) is 3.79. The topological polar surface area (TPSA) is 78.1 Å². The monoisotopic (exact) mass is 187 g/mol. The Balaban J connectivity index is 3.24. The van der Waals surface area contributed by atoms with Gasteiger partial charge in [0.1, 0.15) is 0 Å². The molecule has 80 valence electrons. The van der Waals surface area contributed by atoms with Gasteiger partial charge >= 0.3 is 0 Å². The third-order valence-electron chi connectivity index (χ3n) is 2.46. The van der Waals surface area contributed by atoms with Gasteiger partial charge in [0.25, 0.3) is 0 Å². The zero-order valence-corrected chi connectivity index (χ0v) is 8.84. The van der Waals surface area contributed by atoms with Gasteiger partial charge in [-0.05, 0) is 38.6 Å². The summed E-state index contributed by atoms with van der Waals surface area (Å²) < 4.78 is 0. The molecule has 2 unspecified atom stereocenters. The van der Waals surface area contributed by atoms with E-state index in [-0.39, 0.29) is 0 Å². The fourth-order valence-corrected chi connectivity index (χ4v) is 1.33. The molecule has 0 aromatic rings. The van der Waals surface area contributed by atoms with E-state index in [1.807, 2.05) is 0 Å². The van der Waals surface area contributed by atoms with Crippen molar-refractivity contribution in [2.24, 2.45) is 17.2 Å². The molecule has 0 bridgehead atoms. The van der Waals surface area contributed by atoms with Crippen molar-refractivity contribution >= 4 is 0 Å². The predicted molar refractivity (Wildman–Crippen MR) is 58.4 cm³/mol. The summed E-state index contributed by atoms with van der Waals surface area (Å²) in [5, 5.41) is 0. The van der Waals surface area contributed by atoms with E-state index in [1.165, 1.54) is 0 Å². The van der Waals surface area contributed by atoms with Crippen LogP contribution in [0.3, 0.4) is 0 Å². The Morgan fingerprint density at radius 1 is 0.923 bits per heavy atom. The van der Waals surface area contributed by atoms with Crippen LogP contribution in [0, 0.1) is 0 Å². The van der Waals surface area contributed by atoms with Gasteiger partial charge in [0.05, 0.1) is 0 Å². The normalized spacial score (nSPS) is 15.7. The summed E-state index contributed by atoms with van der Waals surface area (Å²) in [4.78, 5) is 0. The zero-order chi connectivity index (χ0) is 10.1. The fourth-order valence-electron chi connectivity index (χ4n) is 1.33. The Bertz CT molecular complexity index is 106. The van der Waals surface area contributed by atoms with E-state index in [0.29, 0.717) is 12.1 Å². The molecule has 13 heavy (non-hydrogen) atoms. The van der Waals surface area contributed by atoms with Gasteiger partial charge in [-0.25, -0.2) is 0 Å². The molecule has 0 aliphatic heterocycles. The molecule has 0 rings (SSSR count). The molecule has 0 aliphatic carbocycles. The summed E-state index contributed by atoms with van der Waals surface area (Å²) in [7, 11) is 0. The lowest BCUT2D eigenvalue weighted by atomic mass is 10.0. The number of nitrogens with two attached hydrogens (primary N) is 3. The van der Waals surface area contributed by atoms with Crippen molar-refractivity contribution in [2.75, 3.05) is 6.54 Å². The summed E-state index contributed by atoms with van der Waals surface area (Å²) in [6.07, 6.45) is 6.50. The average Bonchev–Trinajstić information content (AvgIpc) is 2.14. The molecule has 0 fully saturated rings. The molecule has 0 aliphatic rings. The minimum atomic E-state index is 0.323. The number of hydrogen-bond donors (Lipinski definition) is 3. The largest absolute Gasteiger partial charge is 0.330 e. The van der Waals surface area contributed by atoms with Gasteiger partial charge in [-0.1, -0.05) is 13.3 Å². The highest BCUT2D eigenvalue weighted by Gasteiger charge is 2.05. The second-order valence-electron chi connectivity index (χ2n) is 3.79. The third kappa shape index (κ3) is 8.22. The third-order valence-corrected chi connectivity index (χ3v) is 2.46. The molecule has 6 N–H and O–H groups in total. The van der Waals surface area contributed by atoms with Crippen molar-refractivity contribution < 1.29 is 0 Å². The SMILES string of the molecule is CCC(N)CCC(N)CCCCN. The van der Waals surface area contributed by atoms with Crippen molar-refractivity contribution in [1.82, 2.24) is 0 Å². The molecule has 3 heteroatoms. The molecule has 2 atom stereocenters. The summed E-state index contributed by atoms with van der Waals surface area (Å²) in [5.74, 6) is 0. The molecule has 0 saturated carbocycles. The van der Waals surface area contributed by atoms with E-state index < -0.39 is 0 Å². The minimum Gasteiger partial charge on any atom is -0.330 e. The van der Waals surface area contributed by atoms with Gasteiger partial charge in [0, 0.05) is 12.1 Å². The molecule has 0 aromatic heterocycles. The van der Waals surface area contributed by atoms with Crippen LogP contribution in [0.4, 0.5) is 0 Å². The molecule has 0 saturated heterocycles. The fraction of sp³-hybridized carbons (Fsp3) is 1.00. The van der Waals surface area contributed by atoms with E-state index in [1.54, 1.807) is 0 Å². The van der Waals surface area contributed by atoms with Crippen LogP contribution in [0.5, 0.6) is 0 Å². The first-order chi connectivity index (χ1) is 6.20. The zero-order valence-electron chi connectivity index (χ0n) is 8.84. The maximum atomic E-state index is 5.92. The van der Waals surface area contributed by atoms with Crippen LogP contribution >= 0.6 is 0 Å². The Morgan fingerprint density at radius 2 is 1.54 bits per heavy atom. The molecule has 0 heterocycles. The first-order valence-electron chi connectivity index (χ1n) is 5.42. The number of unbranched alkanes of at least 4 members (excludes halogenated alkanes) is 1. The van der Waals surface area contributed by atoms with Crippen molar-refractivity contribution in [2.45, 2.75) is 57.5 Å². The van der Waals surface area contributed by atoms with Crippen LogP contribution in [-0.2, 0) is 0 Å². The van der Waals surface area contributed by atoms with Gasteiger partial charge in [-0.3, -0.25) is 0 Å². The summed E-state index contributed by atoms with van der Waals surface area (Å²) in [6, 6.07) is 0.657. The van der Waals surface area contributed by atoms with Gasteiger partial charge in [0.15, 0.2) is 0 Å². The molecular weight excluding hydrogens is 162 g/mol. The number of rotatable bonds is 8. The van der Waals surface area contributed by atoms with Crippen LogP contribution in [0.15, 0.2) is 0 Å². The lowest BCUT2D eigenvalue weighted by Gasteiger charge is -2.13.